The minimum absolute atomic E-state index is 0.0209. The summed E-state index contributed by atoms with van der Waals surface area (Å²) in [7, 11) is 1.86. The Morgan fingerprint density at radius 1 is 1.20 bits per heavy atom. The third kappa shape index (κ3) is 4.98. The highest BCUT2D eigenvalue weighted by atomic mass is 79.9. The molecule has 2 aliphatic rings. The Morgan fingerprint density at radius 3 is 2.48 bits per heavy atom. The van der Waals surface area contributed by atoms with Crippen molar-refractivity contribution in [2.45, 2.75) is 57.0 Å². The average molecular weight is 407 g/mol. The van der Waals surface area contributed by atoms with E-state index in [0.29, 0.717) is 6.04 Å². The van der Waals surface area contributed by atoms with Crippen LogP contribution in [0.1, 0.15) is 45.1 Å². The molecule has 2 N–H and O–H groups in total. The maximum Gasteiger partial charge on any atom is 0.191 e. The van der Waals surface area contributed by atoms with E-state index in [1.807, 2.05) is 7.05 Å². The van der Waals surface area contributed by atoms with E-state index in [1.54, 1.807) is 0 Å². The number of likely N-dealkylation sites (tertiary alicyclic amines) is 1. The third-order valence-corrected chi connectivity index (χ3v) is 6.15. The summed E-state index contributed by atoms with van der Waals surface area (Å²) in [6.07, 6.45) is 5.24. The van der Waals surface area contributed by atoms with E-state index in [-0.39, 0.29) is 5.41 Å². The van der Waals surface area contributed by atoms with Crippen molar-refractivity contribution in [1.29, 1.82) is 0 Å². The van der Waals surface area contributed by atoms with Gasteiger partial charge >= 0.3 is 0 Å². The van der Waals surface area contributed by atoms with Gasteiger partial charge in [-0.1, -0.05) is 48.0 Å². The first-order chi connectivity index (χ1) is 12.0. The number of nitrogens with one attached hydrogen (secondary N) is 2. The molecule has 1 aliphatic heterocycles. The van der Waals surface area contributed by atoms with Crippen LogP contribution in [0.3, 0.4) is 0 Å². The minimum Gasteiger partial charge on any atom is -0.356 e. The molecule has 1 aliphatic carbocycles. The van der Waals surface area contributed by atoms with Crippen molar-refractivity contribution in [3.05, 3.63) is 34.3 Å². The summed E-state index contributed by atoms with van der Waals surface area (Å²) >= 11 is 3.68. The predicted molar refractivity (Wildman–Crippen MR) is 109 cm³/mol. The Morgan fingerprint density at radius 2 is 1.88 bits per heavy atom. The number of hydrogen-bond acceptors (Lipinski definition) is 2. The minimum atomic E-state index is 0.0209. The highest BCUT2D eigenvalue weighted by molar-refractivity contribution is 9.10. The Labute approximate surface area is 160 Å². The highest BCUT2D eigenvalue weighted by Gasteiger charge is 2.32. The first-order valence-electron chi connectivity index (χ1n) is 9.46. The first kappa shape index (κ1) is 18.7. The predicted octanol–water partition coefficient (Wildman–Crippen LogP) is 3.52. The number of halogens is 1. The lowest BCUT2D eigenvalue weighted by molar-refractivity contribution is 0.197. The molecule has 0 amide bonds. The molecule has 25 heavy (non-hydrogen) atoms. The third-order valence-electron chi connectivity index (χ3n) is 5.46. The number of hydrogen-bond donors (Lipinski definition) is 2. The van der Waals surface area contributed by atoms with Gasteiger partial charge in [0.25, 0.3) is 0 Å². The summed E-state index contributed by atoms with van der Waals surface area (Å²) in [5, 5.41) is 7.16. The monoisotopic (exact) mass is 406 g/mol. The standard InChI is InChI=1S/C20H31BrN4/c1-20(2,17-6-4-5-7-18(17)21)14-23-19(22-3)24-15-10-12-25(13-11-15)16-8-9-16/h4-7,15-16H,8-14H2,1-3H3,(H2,22,23,24). The van der Waals surface area contributed by atoms with Gasteiger partial charge in [0.05, 0.1) is 0 Å². The average Bonchev–Trinajstić information content (AvgIpc) is 3.44. The lowest BCUT2D eigenvalue weighted by Crippen LogP contribution is -2.50. The normalized spacial score (nSPS) is 20.6. The molecule has 0 radical (unpaired) electrons. The van der Waals surface area contributed by atoms with Gasteiger partial charge in [-0.05, 0) is 37.3 Å². The first-order valence-corrected chi connectivity index (χ1v) is 10.2. The van der Waals surface area contributed by atoms with Crippen LogP contribution in [0.4, 0.5) is 0 Å². The zero-order valence-corrected chi connectivity index (χ0v) is 17.3. The zero-order valence-electron chi connectivity index (χ0n) is 15.7. The molecule has 138 valence electrons. The van der Waals surface area contributed by atoms with Crippen LogP contribution in [0.25, 0.3) is 0 Å². The number of piperidine rings is 1. The summed E-state index contributed by atoms with van der Waals surface area (Å²) in [6.45, 7) is 7.82. The number of nitrogens with zero attached hydrogens (tertiary/aromatic N) is 2. The van der Waals surface area contributed by atoms with Crippen LogP contribution >= 0.6 is 15.9 Å². The molecule has 1 heterocycles. The summed E-state index contributed by atoms with van der Waals surface area (Å²) in [4.78, 5) is 7.09. The Kier molecular flexibility index (Phi) is 6.05. The fourth-order valence-electron chi connectivity index (χ4n) is 3.65. The van der Waals surface area contributed by atoms with Crippen molar-refractivity contribution in [2.75, 3.05) is 26.7 Å². The van der Waals surface area contributed by atoms with Crippen molar-refractivity contribution in [3.8, 4) is 0 Å². The molecule has 1 aromatic rings. The van der Waals surface area contributed by atoms with Gasteiger partial charge in [0.1, 0.15) is 0 Å². The Balaban J connectivity index is 1.50. The molecular formula is C20H31BrN4. The second-order valence-electron chi connectivity index (χ2n) is 7.98. The topological polar surface area (TPSA) is 39.7 Å². The Bertz CT molecular complexity index is 601. The second-order valence-corrected chi connectivity index (χ2v) is 8.83. The van der Waals surface area contributed by atoms with Gasteiger partial charge in [-0.25, -0.2) is 0 Å². The van der Waals surface area contributed by atoms with Crippen LogP contribution in [0.5, 0.6) is 0 Å². The van der Waals surface area contributed by atoms with E-state index >= 15 is 0 Å². The molecule has 0 spiro atoms. The van der Waals surface area contributed by atoms with Crippen molar-refractivity contribution in [3.63, 3.8) is 0 Å². The van der Waals surface area contributed by atoms with E-state index in [2.05, 4.69) is 74.6 Å². The Hall–Kier alpha value is -1.07. The van der Waals surface area contributed by atoms with Crippen molar-refractivity contribution < 1.29 is 0 Å². The van der Waals surface area contributed by atoms with Crippen molar-refractivity contribution >= 4 is 21.9 Å². The molecule has 4 nitrogen and oxygen atoms in total. The van der Waals surface area contributed by atoms with E-state index in [0.717, 1.165) is 23.0 Å². The van der Waals surface area contributed by atoms with E-state index in [1.165, 1.54) is 44.3 Å². The van der Waals surface area contributed by atoms with Crippen LogP contribution in [0.15, 0.2) is 33.7 Å². The molecule has 5 heteroatoms. The summed E-state index contributed by atoms with van der Waals surface area (Å²) < 4.78 is 1.16. The molecule has 3 rings (SSSR count). The smallest absolute Gasteiger partial charge is 0.191 e. The maximum atomic E-state index is 4.44. The lowest BCUT2D eigenvalue weighted by Gasteiger charge is -2.34. The molecule has 0 unspecified atom stereocenters. The van der Waals surface area contributed by atoms with Gasteiger partial charge in [0, 0.05) is 48.7 Å². The lowest BCUT2D eigenvalue weighted by atomic mass is 9.84. The van der Waals surface area contributed by atoms with E-state index < -0.39 is 0 Å². The zero-order chi connectivity index (χ0) is 17.9. The van der Waals surface area contributed by atoms with Crippen LogP contribution in [0.2, 0.25) is 0 Å². The molecular weight excluding hydrogens is 376 g/mol. The SMILES string of the molecule is CN=C(NCC(C)(C)c1ccccc1Br)NC1CCN(C2CC2)CC1. The van der Waals surface area contributed by atoms with Crippen molar-refractivity contribution in [2.24, 2.45) is 4.99 Å². The molecule has 0 atom stereocenters. The summed E-state index contributed by atoms with van der Waals surface area (Å²) in [6, 6.07) is 9.89. The number of rotatable bonds is 5. The number of guanidine groups is 1. The highest BCUT2D eigenvalue weighted by Crippen LogP contribution is 2.30. The van der Waals surface area contributed by atoms with Crippen LogP contribution < -0.4 is 10.6 Å². The van der Waals surface area contributed by atoms with Crippen LogP contribution in [-0.4, -0.2) is 49.6 Å². The van der Waals surface area contributed by atoms with Gasteiger partial charge in [0.2, 0.25) is 0 Å². The molecule has 1 aromatic carbocycles. The molecule has 0 bridgehead atoms. The quantitative estimate of drug-likeness (QED) is 0.580. The maximum absolute atomic E-state index is 4.44. The molecule has 1 saturated carbocycles. The largest absolute Gasteiger partial charge is 0.356 e. The number of benzene rings is 1. The fraction of sp³-hybridized carbons (Fsp3) is 0.650. The molecule has 0 aromatic heterocycles. The molecule has 1 saturated heterocycles. The second kappa shape index (κ2) is 8.09. The van der Waals surface area contributed by atoms with Gasteiger partial charge < -0.3 is 15.5 Å². The van der Waals surface area contributed by atoms with E-state index in [9.17, 15) is 0 Å². The van der Waals surface area contributed by atoms with Gasteiger partial charge in [-0.2, -0.15) is 0 Å². The van der Waals surface area contributed by atoms with Gasteiger partial charge in [-0.3, -0.25) is 4.99 Å². The fourth-order valence-corrected chi connectivity index (χ4v) is 4.47. The van der Waals surface area contributed by atoms with E-state index in [4.69, 9.17) is 0 Å². The number of aliphatic imine (C=N–C) groups is 1. The van der Waals surface area contributed by atoms with Crippen LogP contribution in [-0.2, 0) is 5.41 Å². The van der Waals surface area contributed by atoms with Gasteiger partial charge in [-0.15, -0.1) is 0 Å². The summed E-state index contributed by atoms with van der Waals surface area (Å²) in [5.41, 5.74) is 1.34. The van der Waals surface area contributed by atoms with Crippen LogP contribution in [0, 0.1) is 0 Å². The van der Waals surface area contributed by atoms with Crippen molar-refractivity contribution in [1.82, 2.24) is 15.5 Å². The molecule has 2 fully saturated rings. The van der Waals surface area contributed by atoms with Gasteiger partial charge in [0.15, 0.2) is 5.96 Å². The summed E-state index contributed by atoms with van der Waals surface area (Å²) in [5.74, 6) is 0.921.